The summed E-state index contributed by atoms with van der Waals surface area (Å²) < 4.78 is 0. The Morgan fingerprint density at radius 2 is 1.74 bits per heavy atom. The second-order valence-electron chi connectivity index (χ2n) is 5.32. The third-order valence-corrected chi connectivity index (χ3v) is 4.83. The second kappa shape index (κ2) is 6.21. The number of rotatable bonds is 3. The van der Waals surface area contributed by atoms with Crippen molar-refractivity contribution in [1.82, 2.24) is 0 Å². The molecule has 0 atom stereocenters. The van der Waals surface area contributed by atoms with Crippen LogP contribution < -0.4 is 0 Å². The van der Waals surface area contributed by atoms with Crippen LogP contribution in [-0.4, -0.2) is 0 Å². The van der Waals surface area contributed by atoms with Gasteiger partial charge in [-0.15, -0.1) is 11.3 Å². The predicted molar refractivity (Wildman–Crippen MR) is 84.4 cm³/mol. The van der Waals surface area contributed by atoms with Crippen LogP contribution in [0.15, 0.2) is 53.9 Å². The molecule has 0 aliphatic heterocycles. The van der Waals surface area contributed by atoms with Gasteiger partial charge in [0.15, 0.2) is 0 Å². The average molecular weight is 268 g/mol. The van der Waals surface area contributed by atoms with Crippen LogP contribution in [0.2, 0.25) is 0 Å². The first-order valence-corrected chi connectivity index (χ1v) is 8.12. The zero-order valence-electron chi connectivity index (χ0n) is 11.2. The number of hydrogen-bond donors (Lipinski definition) is 0. The van der Waals surface area contributed by atoms with Gasteiger partial charge < -0.3 is 0 Å². The van der Waals surface area contributed by atoms with E-state index < -0.39 is 0 Å². The molecule has 0 amide bonds. The van der Waals surface area contributed by atoms with Gasteiger partial charge in [0.05, 0.1) is 0 Å². The summed E-state index contributed by atoms with van der Waals surface area (Å²) in [6.45, 7) is 0. The van der Waals surface area contributed by atoms with Gasteiger partial charge in [-0.05, 0) is 41.3 Å². The van der Waals surface area contributed by atoms with E-state index in [-0.39, 0.29) is 0 Å². The van der Waals surface area contributed by atoms with Gasteiger partial charge >= 0.3 is 0 Å². The molecule has 1 saturated carbocycles. The number of thiophene rings is 1. The highest BCUT2D eigenvalue weighted by molar-refractivity contribution is 7.11. The summed E-state index contributed by atoms with van der Waals surface area (Å²) in [5.74, 6) is 0.769. The van der Waals surface area contributed by atoms with E-state index in [2.05, 4.69) is 53.9 Å². The summed E-state index contributed by atoms with van der Waals surface area (Å²) in [6.07, 6.45) is 9.47. The molecule has 0 nitrogen and oxygen atoms in total. The van der Waals surface area contributed by atoms with Crippen molar-refractivity contribution in [2.75, 3.05) is 0 Å². The van der Waals surface area contributed by atoms with Gasteiger partial charge in [0.25, 0.3) is 0 Å². The van der Waals surface area contributed by atoms with E-state index >= 15 is 0 Å². The Balaban J connectivity index is 1.94. The highest BCUT2D eigenvalue weighted by Crippen LogP contribution is 2.32. The molecule has 1 heterocycles. The lowest BCUT2D eigenvalue weighted by molar-refractivity contribution is 0.420. The molecule has 98 valence electrons. The molecule has 3 rings (SSSR count). The topological polar surface area (TPSA) is 0 Å². The molecule has 1 aromatic carbocycles. The van der Waals surface area contributed by atoms with Gasteiger partial charge in [0, 0.05) is 4.88 Å². The van der Waals surface area contributed by atoms with Crippen molar-refractivity contribution in [2.24, 2.45) is 5.92 Å². The van der Waals surface area contributed by atoms with E-state index in [0.29, 0.717) is 0 Å². The predicted octanol–water partition coefficient (Wildman–Crippen LogP) is 5.76. The molecule has 1 fully saturated rings. The summed E-state index contributed by atoms with van der Waals surface area (Å²) in [5.41, 5.74) is 2.79. The van der Waals surface area contributed by atoms with Crippen molar-refractivity contribution >= 4 is 16.9 Å². The Morgan fingerprint density at radius 1 is 0.947 bits per heavy atom. The third-order valence-electron chi connectivity index (χ3n) is 3.92. The molecule has 1 heteroatoms. The minimum Gasteiger partial charge on any atom is -0.144 e. The van der Waals surface area contributed by atoms with Crippen molar-refractivity contribution in [3.8, 4) is 0 Å². The van der Waals surface area contributed by atoms with Gasteiger partial charge in [-0.3, -0.25) is 0 Å². The van der Waals surface area contributed by atoms with Crippen LogP contribution in [0.4, 0.5) is 0 Å². The Bertz CT molecular complexity index is 516. The third kappa shape index (κ3) is 3.16. The first kappa shape index (κ1) is 12.7. The summed E-state index contributed by atoms with van der Waals surface area (Å²) in [4.78, 5) is 1.40. The maximum Gasteiger partial charge on any atom is 0.0345 e. The van der Waals surface area contributed by atoms with Crippen molar-refractivity contribution in [1.29, 1.82) is 0 Å². The molecule has 1 aromatic heterocycles. The maximum absolute atomic E-state index is 2.53. The second-order valence-corrected chi connectivity index (χ2v) is 6.27. The zero-order chi connectivity index (χ0) is 12.9. The van der Waals surface area contributed by atoms with E-state index in [1.165, 1.54) is 48.1 Å². The summed E-state index contributed by atoms with van der Waals surface area (Å²) >= 11 is 1.85. The van der Waals surface area contributed by atoms with Crippen molar-refractivity contribution < 1.29 is 0 Å². The molecule has 19 heavy (non-hydrogen) atoms. The lowest BCUT2D eigenvalue weighted by Crippen LogP contribution is -2.04. The highest BCUT2D eigenvalue weighted by atomic mass is 32.1. The fourth-order valence-electron chi connectivity index (χ4n) is 2.91. The SMILES string of the molecule is C(=C(c1ccccc1)c1cccs1)C1CCCCC1. The molecular weight excluding hydrogens is 248 g/mol. The maximum atomic E-state index is 2.53. The molecule has 0 unspecified atom stereocenters. The van der Waals surface area contributed by atoms with Crippen molar-refractivity contribution in [3.05, 3.63) is 64.4 Å². The monoisotopic (exact) mass is 268 g/mol. The molecule has 0 spiro atoms. The van der Waals surface area contributed by atoms with E-state index in [1.807, 2.05) is 11.3 Å². The quantitative estimate of drug-likeness (QED) is 0.664. The standard InChI is InChI=1S/C18H20S/c1-3-8-15(9-4-1)14-17(18-12-7-13-19-18)16-10-5-2-6-11-16/h2,5-7,10-15H,1,3-4,8-9H2. The van der Waals surface area contributed by atoms with Crippen LogP contribution in [0.25, 0.3) is 5.57 Å². The highest BCUT2D eigenvalue weighted by Gasteiger charge is 2.14. The lowest BCUT2D eigenvalue weighted by Gasteiger charge is -2.19. The van der Waals surface area contributed by atoms with Crippen LogP contribution >= 0.6 is 11.3 Å². The molecule has 0 radical (unpaired) electrons. The van der Waals surface area contributed by atoms with Gasteiger partial charge in [-0.2, -0.15) is 0 Å². The number of allylic oxidation sites excluding steroid dienone is 1. The van der Waals surface area contributed by atoms with Crippen LogP contribution in [0.1, 0.15) is 42.5 Å². The molecule has 0 saturated heterocycles. The molecule has 0 N–H and O–H groups in total. The van der Waals surface area contributed by atoms with Crippen LogP contribution in [0.5, 0.6) is 0 Å². The first-order chi connectivity index (χ1) is 9.43. The number of benzene rings is 1. The first-order valence-electron chi connectivity index (χ1n) is 7.24. The van der Waals surface area contributed by atoms with Crippen molar-refractivity contribution in [3.63, 3.8) is 0 Å². The molecule has 1 aliphatic rings. The van der Waals surface area contributed by atoms with Crippen molar-refractivity contribution in [2.45, 2.75) is 32.1 Å². The molecule has 2 aromatic rings. The number of hydrogen-bond acceptors (Lipinski definition) is 1. The van der Waals surface area contributed by atoms with E-state index in [1.54, 1.807) is 0 Å². The molecular formula is C18H20S. The van der Waals surface area contributed by atoms with Gasteiger partial charge in [-0.1, -0.05) is 61.7 Å². The Hall–Kier alpha value is -1.34. The smallest absolute Gasteiger partial charge is 0.0345 e. The Labute approximate surface area is 119 Å². The van der Waals surface area contributed by atoms with Crippen LogP contribution in [0.3, 0.4) is 0 Å². The Morgan fingerprint density at radius 3 is 2.42 bits per heavy atom. The van der Waals surface area contributed by atoms with E-state index in [9.17, 15) is 0 Å². The summed E-state index contributed by atoms with van der Waals surface area (Å²) in [6, 6.07) is 15.2. The molecule has 1 aliphatic carbocycles. The summed E-state index contributed by atoms with van der Waals surface area (Å²) in [7, 11) is 0. The fourth-order valence-corrected chi connectivity index (χ4v) is 3.68. The summed E-state index contributed by atoms with van der Waals surface area (Å²) in [5, 5.41) is 2.17. The van der Waals surface area contributed by atoms with Gasteiger partial charge in [0.1, 0.15) is 0 Å². The van der Waals surface area contributed by atoms with Gasteiger partial charge in [0.2, 0.25) is 0 Å². The van der Waals surface area contributed by atoms with Crippen LogP contribution in [0, 0.1) is 5.92 Å². The minimum atomic E-state index is 0.769. The van der Waals surface area contributed by atoms with Gasteiger partial charge in [-0.25, -0.2) is 0 Å². The normalized spacial score (nSPS) is 17.6. The lowest BCUT2D eigenvalue weighted by atomic mass is 9.86. The van der Waals surface area contributed by atoms with E-state index in [0.717, 1.165) is 5.92 Å². The fraction of sp³-hybridized carbons (Fsp3) is 0.333. The molecule has 0 bridgehead atoms. The van der Waals surface area contributed by atoms with Crippen LogP contribution in [-0.2, 0) is 0 Å². The Kier molecular flexibility index (Phi) is 4.14. The average Bonchev–Trinajstić information content (AvgIpc) is 3.01. The largest absolute Gasteiger partial charge is 0.144 e. The minimum absolute atomic E-state index is 0.769. The zero-order valence-corrected chi connectivity index (χ0v) is 12.0. The van der Waals surface area contributed by atoms with E-state index in [4.69, 9.17) is 0 Å².